The molecule has 0 radical (unpaired) electrons. The van der Waals surface area contributed by atoms with E-state index in [2.05, 4.69) is 24.1 Å². The standard InChI is InChI=1S/C10H20N2/c1-3-9(2)12-6-4-5-10(12)7-11-8-10/h9,11H,3-8H2,1-2H3. The fraction of sp³-hybridized carbons (Fsp3) is 1.00. The Morgan fingerprint density at radius 3 is 2.75 bits per heavy atom. The molecule has 1 unspecified atom stereocenters. The van der Waals surface area contributed by atoms with Crippen LogP contribution in [0.25, 0.3) is 0 Å². The predicted molar refractivity (Wildman–Crippen MR) is 51.3 cm³/mol. The normalized spacial score (nSPS) is 30.5. The van der Waals surface area contributed by atoms with E-state index in [0.717, 1.165) is 6.04 Å². The molecule has 2 rings (SSSR count). The Labute approximate surface area is 75.3 Å². The smallest absolute Gasteiger partial charge is 0.0461 e. The van der Waals surface area contributed by atoms with Gasteiger partial charge in [0.2, 0.25) is 0 Å². The summed E-state index contributed by atoms with van der Waals surface area (Å²) >= 11 is 0. The monoisotopic (exact) mass is 168 g/mol. The molecule has 0 aromatic carbocycles. The highest BCUT2D eigenvalue weighted by molar-refractivity contribution is 5.06. The van der Waals surface area contributed by atoms with E-state index in [-0.39, 0.29) is 0 Å². The summed E-state index contributed by atoms with van der Waals surface area (Å²) in [6, 6.07) is 0.787. The molecule has 12 heavy (non-hydrogen) atoms. The van der Waals surface area contributed by atoms with Crippen LogP contribution in [0.4, 0.5) is 0 Å². The molecule has 2 nitrogen and oxygen atoms in total. The van der Waals surface area contributed by atoms with Crippen molar-refractivity contribution in [2.75, 3.05) is 19.6 Å². The zero-order valence-corrected chi connectivity index (χ0v) is 8.27. The summed E-state index contributed by atoms with van der Waals surface area (Å²) in [6.07, 6.45) is 4.12. The number of hydrogen-bond acceptors (Lipinski definition) is 2. The molecular formula is C10H20N2. The Morgan fingerprint density at radius 2 is 2.25 bits per heavy atom. The molecule has 0 aromatic rings. The van der Waals surface area contributed by atoms with E-state index in [1.807, 2.05) is 0 Å². The Hall–Kier alpha value is -0.0800. The zero-order chi connectivity index (χ0) is 8.60. The van der Waals surface area contributed by atoms with Crippen LogP contribution < -0.4 is 5.32 Å². The van der Waals surface area contributed by atoms with Crippen molar-refractivity contribution >= 4 is 0 Å². The molecule has 2 saturated heterocycles. The first-order valence-corrected chi connectivity index (χ1v) is 5.26. The van der Waals surface area contributed by atoms with E-state index < -0.39 is 0 Å². The lowest BCUT2D eigenvalue weighted by molar-refractivity contribution is 0.0450. The lowest BCUT2D eigenvalue weighted by Gasteiger charge is -2.49. The van der Waals surface area contributed by atoms with Crippen LogP contribution >= 0.6 is 0 Å². The summed E-state index contributed by atoms with van der Waals surface area (Å²) in [7, 11) is 0. The second-order valence-corrected chi connectivity index (χ2v) is 4.38. The van der Waals surface area contributed by atoms with E-state index in [1.165, 1.54) is 38.9 Å². The van der Waals surface area contributed by atoms with E-state index in [1.54, 1.807) is 0 Å². The van der Waals surface area contributed by atoms with E-state index >= 15 is 0 Å². The third kappa shape index (κ3) is 1.09. The van der Waals surface area contributed by atoms with Gasteiger partial charge in [-0.2, -0.15) is 0 Å². The largest absolute Gasteiger partial charge is 0.313 e. The summed E-state index contributed by atoms with van der Waals surface area (Å²) in [5.74, 6) is 0. The zero-order valence-electron chi connectivity index (χ0n) is 8.27. The predicted octanol–water partition coefficient (Wildman–Crippen LogP) is 1.22. The average Bonchev–Trinajstić information content (AvgIpc) is 2.45. The van der Waals surface area contributed by atoms with Gasteiger partial charge in [-0.05, 0) is 32.7 Å². The number of nitrogens with zero attached hydrogens (tertiary/aromatic N) is 1. The minimum Gasteiger partial charge on any atom is -0.313 e. The SMILES string of the molecule is CCC(C)N1CCCC12CNC2. The van der Waals surface area contributed by atoms with Crippen LogP contribution in [0.2, 0.25) is 0 Å². The van der Waals surface area contributed by atoms with Gasteiger partial charge in [0.05, 0.1) is 0 Å². The highest BCUT2D eigenvalue weighted by Gasteiger charge is 2.46. The quantitative estimate of drug-likeness (QED) is 0.667. The summed E-state index contributed by atoms with van der Waals surface area (Å²) < 4.78 is 0. The lowest BCUT2D eigenvalue weighted by atomic mass is 9.88. The molecule has 0 saturated carbocycles. The molecular weight excluding hydrogens is 148 g/mol. The van der Waals surface area contributed by atoms with E-state index in [0.29, 0.717) is 5.54 Å². The van der Waals surface area contributed by atoms with Gasteiger partial charge in [0, 0.05) is 24.7 Å². The first-order chi connectivity index (χ1) is 5.78. The van der Waals surface area contributed by atoms with Gasteiger partial charge in [0.25, 0.3) is 0 Å². The maximum absolute atomic E-state index is 3.41. The molecule has 2 heteroatoms. The Morgan fingerprint density at radius 1 is 1.50 bits per heavy atom. The topological polar surface area (TPSA) is 15.3 Å². The fourth-order valence-electron chi connectivity index (χ4n) is 2.66. The minimum atomic E-state index is 0.579. The van der Waals surface area contributed by atoms with Crippen LogP contribution in [0.15, 0.2) is 0 Å². The van der Waals surface area contributed by atoms with Crippen LogP contribution in [0.1, 0.15) is 33.1 Å². The number of nitrogens with one attached hydrogen (secondary N) is 1. The molecule has 70 valence electrons. The summed E-state index contributed by atoms with van der Waals surface area (Å²) in [6.45, 7) is 8.46. The number of rotatable bonds is 2. The maximum atomic E-state index is 3.41. The van der Waals surface area contributed by atoms with Crippen molar-refractivity contribution in [2.24, 2.45) is 0 Å². The molecule has 0 aromatic heterocycles. The second-order valence-electron chi connectivity index (χ2n) is 4.38. The van der Waals surface area contributed by atoms with Gasteiger partial charge in [0.15, 0.2) is 0 Å². The van der Waals surface area contributed by atoms with Crippen LogP contribution in [-0.2, 0) is 0 Å². The summed E-state index contributed by atoms with van der Waals surface area (Å²) in [5, 5.41) is 3.41. The number of hydrogen-bond donors (Lipinski definition) is 1. The van der Waals surface area contributed by atoms with Crippen LogP contribution in [-0.4, -0.2) is 36.1 Å². The maximum Gasteiger partial charge on any atom is 0.0461 e. The first kappa shape index (κ1) is 8.52. The molecule has 0 aliphatic carbocycles. The highest BCUT2D eigenvalue weighted by Crippen LogP contribution is 2.34. The average molecular weight is 168 g/mol. The third-order valence-corrected chi connectivity index (χ3v) is 3.68. The van der Waals surface area contributed by atoms with Gasteiger partial charge < -0.3 is 5.32 Å². The number of likely N-dealkylation sites (tertiary alicyclic amines) is 1. The second kappa shape index (κ2) is 3.00. The Kier molecular flexibility index (Phi) is 2.13. The van der Waals surface area contributed by atoms with Gasteiger partial charge in [0.1, 0.15) is 0 Å². The van der Waals surface area contributed by atoms with Gasteiger partial charge >= 0.3 is 0 Å². The van der Waals surface area contributed by atoms with Crippen molar-refractivity contribution in [3.63, 3.8) is 0 Å². The molecule has 2 fully saturated rings. The lowest BCUT2D eigenvalue weighted by Crippen LogP contribution is -2.67. The summed E-state index contributed by atoms with van der Waals surface area (Å²) in [5.41, 5.74) is 0.579. The van der Waals surface area contributed by atoms with Crippen molar-refractivity contribution in [1.29, 1.82) is 0 Å². The molecule has 1 spiro atoms. The van der Waals surface area contributed by atoms with Crippen molar-refractivity contribution in [3.8, 4) is 0 Å². The van der Waals surface area contributed by atoms with E-state index in [4.69, 9.17) is 0 Å². The van der Waals surface area contributed by atoms with Gasteiger partial charge in [-0.15, -0.1) is 0 Å². The van der Waals surface area contributed by atoms with Gasteiger partial charge in [-0.1, -0.05) is 6.92 Å². The fourth-order valence-corrected chi connectivity index (χ4v) is 2.66. The van der Waals surface area contributed by atoms with Crippen molar-refractivity contribution < 1.29 is 0 Å². The van der Waals surface area contributed by atoms with Crippen molar-refractivity contribution in [1.82, 2.24) is 10.2 Å². The van der Waals surface area contributed by atoms with Crippen LogP contribution in [0.5, 0.6) is 0 Å². The van der Waals surface area contributed by atoms with E-state index in [9.17, 15) is 0 Å². The molecule has 0 bridgehead atoms. The van der Waals surface area contributed by atoms with Crippen molar-refractivity contribution in [2.45, 2.75) is 44.7 Å². The molecule has 1 N–H and O–H groups in total. The Bertz CT molecular complexity index is 163. The minimum absolute atomic E-state index is 0.579. The van der Waals surface area contributed by atoms with Crippen molar-refractivity contribution in [3.05, 3.63) is 0 Å². The van der Waals surface area contributed by atoms with Gasteiger partial charge in [-0.3, -0.25) is 4.90 Å². The molecule has 2 aliphatic heterocycles. The molecule has 0 amide bonds. The summed E-state index contributed by atoms with van der Waals surface area (Å²) in [4.78, 5) is 2.73. The molecule has 2 heterocycles. The molecule has 1 atom stereocenters. The third-order valence-electron chi connectivity index (χ3n) is 3.68. The first-order valence-electron chi connectivity index (χ1n) is 5.26. The highest BCUT2D eigenvalue weighted by atomic mass is 15.3. The van der Waals surface area contributed by atoms with Gasteiger partial charge in [-0.25, -0.2) is 0 Å². The Balaban J connectivity index is 2.03. The van der Waals surface area contributed by atoms with Crippen LogP contribution in [0, 0.1) is 0 Å². The molecule has 2 aliphatic rings. The van der Waals surface area contributed by atoms with Crippen LogP contribution in [0.3, 0.4) is 0 Å².